The van der Waals surface area contributed by atoms with Crippen LogP contribution in [0.25, 0.3) is 0 Å². The molecule has 1 aromatic carbocycles. The van der Waals surface area contributed by atoms with E-state index >= 15 is 0 Å². The second-order valence-corrected chi connectivity index (χ2v) is 7.68. The summed E-state index contributed by atoms with van der Waals surface area (Å²) in [6.07, 6.45) is 4.16. The average molecular weight is 340 g/mol. The highest BCUT2D eigenvalue weighted by Gasteiger charge is 2.14. The summed E-state index contributed by atoms with van der Waals surface area (Å²) in [4.78, 5) is 20.7. The third-order valence-corrected chi connectivity index (χ3v) is 3.92. The Morgan fingerprint density at radius 3 is 2.28 bits per heavy atom. The molecule has 0 spiro atoms. The van der Waals surface area contributed by atoms with E-state index in [0.717, 1.165) is 18.7 Å². The number of aromatic nitrogens is 2. The Morgan fingerprint density at radius 2 is 1.76 bits per heavy atom. The minimum atomic E-state index is -0.260. The lowest BCUT2D eigenvalue weighted by molar-refractivity contribution is 0.102. The van der Waals surface area contributed by atoms with Crippen LogP contribution < -0.4 is 10.6 Å². The van der Waals surface area contributed by atoms with Crippen LogP contribution in [0.4, 0.5) is 11.5 Å². The zero-order valence-corrected chi connectivity index (χ0v) is 15.8. The zero-order chi connectivity index (χ0) is 18.4. The van der Waals surface area contributed by atoms with Crippen LogP contribution in [0.5, 0.6) is 0 Å². The molecule has 0 aliphatic carbocycles. The third kappa shape index (κ3) is 5.85. The Hall–Kier alpha value is -2.43. The first-order chi connectivity index (χ1) is 11.8. The topological polar surface area (TPSA) is 66.9 Å². The minimum absolute atomic E-state index is 0.0897. The van der Waals surface area contributed by atoms with Crippen LogP contribution in [0, 0.1) is 5.92 Å². The number of benzene rings is 1. The number of nitrogens with zero attached hydrogens (tertiary/aromatic N) is 2. The van der Waals surface area contributed by atoms with Crippen molar-refractivity contribution in [2.75, 3.05) is 17.2 Å². The lowest BCUT2D eigenvalue weighted by Gasteiger charge is -2.19. The van der Waals surface area contributed by atoms with E-state index < -0.39 is 0 Å². The number of rotatable bonds is 6. The molecular formula is C20H28N4O. The molecule has 2 N–H and O–H groups in total. The molecule has 1 heterocycles. The quantitative estimate of drug-likeness (QED) is 0.813. The highest BCUT2D eigenvalue weighted by Crippen LogP contribution is 2.23. The van der Waals surface area contributed by atoms with Crippen molar-refractivity contribution >= 4 is 17.4 Å². The molecule has 1 amide bonds. The van der Waals surface area contributed by atoms with Crippen LogP contribution in [-0.2, 0) is 5.41 Å². The molecule has 0 aliphatic rings. The molecule has 0 saturated heterocycles. The molecule has 5 heteroatoms. The summed E-state index contributed by atoms with van der Waals surface area (Å²) < 4.78 is 0. The van der Waals surface area contributed by atoms with Gasteiger partial charge in [0, 0.05) is 12.2 Å². The molecule has 0 aliphatic heterocycles. The average Bonchev–Trinajstić information content (AvgIpc) is 2.55. The van der Waals surface area contributed by atoms with Gasteiger partial charge < -0.3 is 10.6 Å². The van der Waals surface area contributed by atoms with E-state index in [1.54, 1.807) is 6.20 Å². The van der Waals surface area contributed by atoms with Gasteiger partial charge in [0.15, 0.2) is 0 Å². The highest BCUT2D eigenvalue weighted by atomic mass is 16.1. The van der Waals surface area contributed by atoms with Crippen molar-refractivity contribution in [3.63, 3.8) is 0 Å². The Labute approximate surface area is 150 Å². The van der Waals surface area contributed by atoms with Gasteiger partial charge in [-0.2, -0.15) is 0 Å². The predicted octanol–water partition coefficient (Wildman–Crippen LogP) is 4.48. The molecule has 1 aromatic heterocycles. The smallest absolute Gasteiger partial charge is 0.275 e. The van der Waals surface area contributed by atoms with Gasteiger partial charge in [0.2, 0.25) is 0 Å². The maximum atomic E-state index is 12.3. The number of amides is 1. The molecule has 0 bridgehead atoms. The van der Waals surface area contributed by atoms with Gasteiger partial charge >= 0.3 is 0 Å². The molecule has 0 saturated carbocycles. The summed E-state index contributed by atoms with van der Waals surface area (Å²) >= 11 is 0. The van der Waals surface area contributed by atoms with E-state index in [1.807, 2.05) is 24.3 Å². The van der Waals surface area contributed by atoms with Crippen LogP contribution in [0.3, 0.4) is 0 Å². The van der Waals surface area contributed by atoms with Gasteiger partial charge in [0.1, 0.15) is 11.5 Å². The first-order valence-corrected chi connectivity index (χ1v) is 8.73. The molecular weight excluding hydrogens is 312 g/mol. The Balaban J connectivity index is 1.94. The van der Waals surface area contributed by atoms with Gasteiger partial charge in [-0.05, 0) is 35.4 Å². The number of anilines is 2. The van der Waals surface area contributed by atoms with Crippen LogP contribution in [-0.4, -0.2) is 22.4 Å². The summed E-state index contributed by atoms with van der Waals surface area (Å²) in [5, 5.41) is 6.06. The summed E-state index contributed by atoms with van der Waals surface area (Å²) in [6.45, 7) is 11.7. The number of carbonyl (C=O) groups excluding carboxylic acids is 1. The fourth-order valence-electron chi connectivity index (χ4n) is 2.27. The standard InChI is InChI=1S/C20H28N4O/c1-14(2)10-11-21-18-13-22-17(12-23-18)19(25)24-16-8-6-15(7-9-16)20(3,4)5/h6-9,12-14H,10-11H2,1-5H3,(H,21,23)(H,24,25). The van der Waals surface area contributed by atoms with Gasteiger partial charge in [0.05, 0.1) is 12.4 Å². The van der Waals surface area contributed by atoms with E-state index in [9.17, 15) is 4.79 Å². The van der Waals surface area contributed by atoms with Crippen molar-refractivity contribution in [1.29, 1.82) is 0 Å². The van der Waals surface area contributed by atoms with Gasteiger partial charge in [-0.15, -0.1) is 0 Å². The van der Waals surface area contributed by atoms with Crippen molar-refractivity contribution in [2.45, 2.75) is 46.5 Å². The lowest BCUT2D eigenvalue weighted by Crippen LogP contribution is -2.15. The van der Waals surface area contributed by atoms with E-state index in [-0.39, 0.29) is 11.3 Å². The normalized spacial score (nSPS) is 11.4. The molecule has 0 fully saturated rings. The summed E-state index contributed by atoms with van der Waals surface area (Å²) in [5.74, 6) is 1.06. The second kappa shape index (κ2) is 8.10. The number of carbonyl (C=O) groups is 1. The summed E-state index contributed by atoms with van der Waals surface area (Å²) in [7, 11) is 0. The minimum Gasteiger partial charge on any atom is -0.369 e. The highest BCUT2D eigenvalue weighted by molar-refractivity contribution is 6.02. The van der Waals surface area contributed by atoms with Gasteiger partial charge in [-0.25, -0.2) is 9.97 Å². The second-order valence-electron chi connectivity index (χ2n) is 7.68. The summed E-state index contributed by atoms with van der Waals surface area (Å²) in [5.41, 5.74) is 2.36. The molecule has 0 radical (unpaired) electrons. The van der Waals surface area contributed by atoms with Crippen molar-refractivity contribution in [3.8, 4) is 0 Å². The molecule has 0 atom stereocenters. The number of nitrogens with one attached hydrogen (secondary N) is 2. The van der Waals surface area contributed by atoms with Crippen LogP contribution >= 0.6 is 0 Å². The first kappa shape index (κ1) is 18.9. The summed E-state index contributed by atoms with van der Waals surface area (Å²) in [6, 6.07) is 7.88. The number of hydrogen-bond acceptors (Lipinski definition) is 4. The third-order valence-electron chi connectivity index (χ3n) is 3.92. The van der Waals surface area contributed by atoms with Crippen molar-refractivity contribution < 1.29 is 4.79 Å². The molecule has 134 valence electrons. The maximum Gasteiger partial charge on any atom is 0.275 e. The lowest BCUT2D eigenvalue weighted by atomic mass is 9.87. The van der Waals surface area contributed by atoms with Crippen molar-refractivity contribution in [3.05, 3.63) is 47.9 Å². The fourth-order valence-corrected chi connectivity index (χ4v) is 2.27. The van der Waals surface area contributed by atoms with Crippen LogP contribution in [0.2, 0.25) is 0 Å². The van der Waals surface area contributed by atoms with Gasteiger partial charge in [0.25, 0.3) is 5.91 Å². The molecule has 2 aromatic rings. The predicted molar refractivity (Wildman–Crippen MR) is 103 cm³/mol. The van der Waals surface area contributed by atoms with E-state index in [0.29, 0.717) is 17.4 Å². The first-order valence-electron chi connectivity index (χ1n) is 8.73. The van der Waals surface area contributed by atoms with Crippen molar-refractivity contribution in [1.82, 2.24) is 9.97 Å². The fraction of sp³-hybridized carbons (Fsp3) is 0.450. The van der Waals surface area contributed by atoms with E-state index in [2.05, 4.69) is 55.2 Å². The zero-order valence-electron chi connectivity index (χ0n) is 15.8. The van der Waals surface area contributed by atoms with E-state index in [1.165, 1.54) is 11.8 Å². The molecule has 5 nitrogen and oxygen atoms in total. The maximum absolute atomic E-state index is 12.3. The Morgan fingerprint density at radius 1 is 1.08 bits per heavy atom. The van der Waals surface area contributed by atoms with Gasteiger partial charge in [-0.3, -0.25) is 4.79 Å². The monoisotopic (exact) mass is 340 g/mol. The number of hydrogen-bond donors (Lipinski definition) is 2. The van der Waals surface area contributed by atoms with Crippen molar-refractivity contribution in [2.24, 2.45) is 5.92 Å². The Bertz CT molecular complexity index is 685. The Kier molecular flexibility index (Phi) is 6.12. The molecule has 0 unspecified atom stereocenters. The van der Waals surface area contributed by atoms with Crippen LogP contribution in [0.1, 0.15) is 57.1 Å². The molecule has 25 heavy (non-hydrogen) atoms. The van der Waals surface area contributed by atoms with Gasteiger partial charge in [-0.1, -0.05) is 46.8 Å². The largest absolute Gasteiger partial charge is 0.369 e. The van der Waals surface area contributed by atoms with E-state index in [4.69, 9.17) is 0 Å². The molecule has 2 rings (SSSR count). The van der Waals surface area contributed by atoms with Crippen LogP contribution in [0.15, 0.2) is 36.7 Å². The SMILES string of the molecule is CC(C)CCNc1cnc(C(=O)Nc2ccc(C(C)(C)C)cc2)cn1.